The molecule has 4 N–H and O–H groups in total. The van der Waals surface area contributed by atoms with Gasteiger partial charge in [0.25, 0.3) is 0 Å². The number of rotatable bonds is 8. The van der Waals surface area contributed by atoms with Crippen LogP contribution in [0.5, 0.6) is 11.5 Å². The summed E-state index contributed by atoms with van der Waals surface area (Å²) < 4.78 is 25.6. The third-order valence-corrected chi connectivity index (χ3v) is 7.26. The first-order valence-electron chi connectivity index (χ1n) is 11.9. The number of hydrogen-bond donors (Lipinski definition) is 2. The van der Waals surface area contributed by atoms with Crippen molar-refractivity contribution < 1.29 is 13.6 Å². The third kappa shape index (κ3) is 3.95. The largest absolute Gasteiger partial charge is 0.805 e. The average molecular weight is 476 g/mol. The highest BCUT2D eigenvalue weighted by Crippen LogP contribution is 2.46. The molecule has 4 aromatic rings. The van der Waals surface area contributed by atoms with Gasteiger partial charge < -0.3 is 11.5 Å². The van der Waals surface area contributed by atoms with E-state index in [0.29, 0.717) is 24.3 Å². The van der Waals surface area contributed by atoms with Crippen LogP contribution in [0.1, 0.15) is 49.9 Å². The molecule has 0 radical (unpaired) electrons. The van der Waals surface area contributed by atoms with Crippen LogP contribution < -0.4 is 20.5 Å². The quantitative estimate of drug-likeness (QED) is 0.203. The third-order valence-electron chi connectivity index (χ3n) is 6.60. The minimum Gasteiger partial charge on any atom is -0.398 e. The summed E-state index contributed by atoms with van der Waals surface area (Å²) in [6.07, 6.45) is 2.94. The lowest BCUT2D eigenvalue weighted by atomic mass is 9.94. The number of hydrogen-bond acceptors (Lipinski definition) is 5. The van der Waals surface area contributed by atoms with E-state index in [0.717, 1.165) is 68.0 Å². The molecule has 0 unspecified atom stereocenters. The van der Waals surface area contributed by atoms with E-state index in [4.69, 9.17) is 20.5 Å². The van der Waals surface area contributed by atoms with Gasteiger partial charge in [-0.1, -0.05) is 76.2 Å². The molecule has 0 heterocycles. The minimum absolute atomic E-state index is 0.582. The SMILES string of the molecule is CCc1c(CC)c(O[P+](=O)Oc2c(CC)c(CC)c(N)c3ccccc23)c2ccccc2c1N. The molecule has 0 spiro atoms. The van der Waals surface area contributed by atoms with Crippen LogP contribution in [0.3, 0.4) is 0 Å². The molecule has 4 aromatic carbocycles. The molecular weight excluding hydrogens is 443 g/mol. The van der Waals surface area contributed by atoms with E-state index in [9.17, 15) is 4.57 Å². The Labute approximate surface area is 202 Å². The van der Waals surface area contributed by atoms with Gasteiger partial charge in [-0.05, 0) is 36.8 Å². The highest BCUT2D eigenvalue weighted by Gasteiger charge is 2.32. The van der Waals surface area contributed by atoms with E-state index in [-0.39, 0.29) is 0 Å². The van der Waals surface area contributed by atoms with Crippen LogP contribution in [0.2, 0.25) is 0 Å². The molecule has 0 aliphatic rings. The summed E-state index contributed by atoms with van der Waals surface area (Å²) in [5.41, 5.74) is 18.5. The molecule has 0 amide bonds. The lowest BCUT2D eigenvalue weighted by molar-refractivity contribution is 0.415. The van der Waals surface area contributed by atoms with Crippen molar-refractivity contribution in [1.29, 1.82) is 0 Å². The highest BCUT2D eigenvalue weighted by atomic mass is 31.1. The maximum absolute atomic E-state index is 13.4. The fraction of sp³-hybridized carbons (Fsp3) is 0.286. The monoisotopic (exact) mass is 475 g/mol. The van der Waals surface area contributed by atoms with Crippen molar-refractivity contribution in [2.24, 2.45) is 0 Å². The first kappa shape index (κ1) is 23.8. The molecule has 0 atom stereocenters. The Bertz CT molecular complexity index is 1290. The molecular formula is C28H32N2O3P+. The predicted octanol–water partition coefficient (Wildman–Crippen LogP) is 7.52. The fourth-order valence-corrected chi connectivity index (χ4v) is 5.77. The van der Waals surface area contributed by atoms with Crippen LogP contribution in [0.25, 0.3) is 21.5 Å². The molecule has 0 saturated carbocycles. The predicted molar refractivity (Wildman–Crippen MR) is 143 cm³/mol. The van der Waals surface area contributed by atoms with Crippen molar-refractivity contribution in [2.45, 2.75) is 53.4 Å². The smallest absolute Gasteiger partial charge is 0.398 e. The van der Waals surface area contributed by atoms with E-state index in [1.807, 2.05) is 48.5 Å². The molecule has 5 nitrogen and oxygen atoms in total. The lowest BCUT2D eigenvalue weighted by Gasteiger charge is -2.17. The molecule has 176 valence electrons. The molecule has 0 bridgehead atoms. The van der Waals surface area contributed by atoms with Crippen LogP contribution in [-0.2, 0) is 30.2 Å². The van der Waals surface area contributed by atoms with E-state index in [1.165, 1.54) is 0 Å². The Morgan fingerprint density at radius 2 is 0.912 bits per heavy atom. The second-order valence-corrected chi connectivity index (χ2v) is 9.12. The first-order valence-corrected chi connectivity index (χ1v) is 13.0. The summed E-state index contributed by atoms with van der Waals surface area (Å²) in [5.74, 6) is 1.16. The zero-order chi connectivity index (χ0) is 24.4. The molecule has 34 heavy (non-hydrogen) atoms. The number of nitrogen functional groups attached to an aromatic ring is 2. The normalized spacial score (nSPS) is 11.2. The Balaban J connectivity index is 1.84. The molecule has 0 fully saturated rings. The lowest BCUT2D eigenvalue weighted by Crippen LogP contribution is -2.05. The molecule has 0 saturated heterocycles. The number of nitrogens with two attached hydrogens (primary N) is 2. The van der Waals surface area contributed by atoms with Crippen molar-refractivity contribution in [3.8, 4) is 11.5 Å². The summed E-state index contributed by atoms with van der Waals surface area (Å²) >= 11 is 0. The maximum atomic E-state index is 13.4. The second-order valence-electron chi connectivity index (χ2n) is 8.31. The summed E-state index contributed by atoms with van der Waals surface area (Å²) in [6.45, 7) is 8.25. The van der Waals surface area contributed by atoms with Gasteiger partial charge in [0.1, 0.15) is 0 Å². The van der Waals surface area contributed by atoms with Gasteiger partial charge in [-0.25, -0.2) is 9.05 Å². The Morgan fingerprint density at radius 1 is 0.588 bits per heavy atom. The summed E-state index contributed by atoms with van der Waals surface area (Å²) in [4.78, 5) is 0. The average Bonchev–Trinajstić information content (AvgIpc) is 2.86. The zero-order valence-corrected chi connectivity index (χ0v) is 21.2. The van der Waals surface area contributed by atoms with Crippen LogP contribution in [-0.4, -0.2) is 0 Å². The first-order chi connectivity index (χ1) is 16.5. The molecule has 0 aliphatic heterocycles. The minimum atomic E-state index is -2.51. The van der Waals surface area contributed by atoms with Crippen molar-refractivity contribution in [1.82, 2.24) is 0 Å². The standard InChI is InChI=1S/C28H32N2O3P/c1-5-17-19(7-3)27(23-15-11-9-13-21(23)25(17)29)32-34(31)33-28-20(8-4)18(6-2)26(30)22-14-10-12-16-24(22)28/h9-16H,5-8,29-30H2,1-4H3/q+1. The van der Waals surface area contributed by atoms with Gasteiger partial charge in [0.15, 0.2) is 0 Å². The van der Waals surface area contributed by atoms with Gasteiger partial charge in [-0.2, -0.15) is 0 Å². The van der Waals surface area contributed by atoms with Gasteiger partial charge in [0.05, 0.1) is 0 Å². The highest BCUT2D eigenvalue weighted by molar-refractivity contribution is 7.34. The van der Waals surface area contributed by atoms with Crippen molar-refractivity contribution in [3.05, 3.63) is 70.8 Å². The van der Waals surface area contributed by atoms with Gasteiger partial charge >= 0.3 is 8.25 Å². The van der Waals surface area contributed by atoms with Gasteiger partial charge in [0, 0.05) is 48.6 Å². The van der Waals surface area contributed by atoms with Crippen molar-refractivity contribution in [2.75, 3.05) is 11.5 Å². The van der Waals surface area contributed by atoms with Crippen LogP contribution >= 0.6 is 8.25 Å². The van der Waals surface area contributed by atoms with Gasteiger partial charge in [-0.3, -0.25) is 0 Å². The van der Waals surface area contributed by atoms with Crippen LogP contribution in [0.4, 0.5) is 11.4 Å². The van der Waals surface area contributed by atoms with E-state index >= 15 is 0 Å². The Morgan fingerprint density at radius 3 is 1.24 bits per heavy atom. The molecule has 6 heteroatoms. The summed E-state index contributed by atoms with van der Waals surface area (Å²) in [7, 11) is -2.51. The van der Waals surface area contributed by atoms with Crippen molar-refractivity contribution in [3.63, 3.8) is 0 Å². The molecule has 4 rings (SSSR count). The fourth-order valence-electron chi connectivity index (χ4n) is 5.01. The zero-order valence-electron chi connectivity index (χ0n) is 20.3. The van der Waals surface area contributed by atoms with Crippen LogP contribution in [0, 0.1) is 0 Å². The molecule has 0 aromatic heterocycles. The van der Waals surface area contributed by atoms with E-state index < -0.39 is 8.25 Å². The Hall–Kier alpha value is -3.30. The van der Waals surface area contributed by atoms with Crippen LogP contribution in [0.15, 0.2) is 48.5 Å². The number of benzene rings is 4. The summed E-state index contributed by atoms with van der Waals surface area (Å²) in [5, 5.41) is 3.48. The van der Waals surface area contributed by atoms with Gasteiger partial charge in [0.2, 0.25) is 11.5 Å². The number of fused-ring (bicyclic) bond motifs is 2. The van der Waals surface area contributed by atoms with E-state index in [1.54, 1.807) is 0 Å². The maximum Gasteiger partial charge on any atom is 0.805 e. The van der Waals surface area contributed by atoms with Gasteiger partial charge in [-0.15, -0.1) is 0 Å². The second kappa shape index (κ2) is 9.90. The van der Waals surface area contributed by atoms with Crippen molar-refractivity contribution >= 4 is 41.2 Å². The summed E-state index contributed by atoms with van der Waals surface area (Å²) in [6, 6.07) is 15.6. The molecule has 0 aliphatic carbocycles. The van der Waals surface area contributed by atoms with E-state index in [2.05, 4.69) is 27.7 Å². The Kier molecular flexibility index (Phi) is 6.95. The topological polar surface area (TPSA) is 87.6 Å². The number of anilines is 2.